The average Bonchev–Trinajstić information content (AvgIpc) is 2.10. The lowest BCUT2D eigenvalue weighted by molar-refractivity contribution is -0.165. The van der Waals surface area contributed by atoms with E-state index in [1.165, 1.54) is 0 Å². The highest BCUT2D eigenvalue weighted by Gasteiger charge is 2.60. The number of rotatable bonds is 3. The summed E-state index contributed by atoms with van der Waals surface area (Å²) in [6.45, 7) is 3.14. The molecule has 0 saturated carbocycles. The molecule has 1 rings (SSSR count). The fourth-order valence-electron chi connectivity index (χ4n) is 1.34. The summed E-state index contributed by atoms with van der Waals surface area (Å²) in [4.78, 5) is 10.7. The van der Waals surface area contributed by atoms with Crippen LogP contribution in [0.2, 0.25) is 0 Å². The van der Waals surface area contributed by atoms with E-state index in [9.17, 15) is 22.6 Å². The molecule has 0 radical (unpaired) electrons. The molecular weight excluding hydrogens is 228 g/mol. The van der Waals surface area contributed by atoms with E-state index in [-0.39, 0.29) is 0 Å². The Labute approximate surface area is 85.7 Å². The Hall–Kier alpha value is -0.930. The van der Waals surface area contributed by atoms with Crippen molar-refractivity contribution in [1.82, 2.24) is 0 Å². The molecule has 1 aliphatic rings. The summed E-state index contributed by atoms with van der Waals surface area (Å²) in [7, 11) is -3.37. The third kappa shape index (κ3) is 1.90. The van der Waals surface area contributed by atoms with E-state index in [4.69, 9.17) is 0 Å². The van der Waals surface area contributed by atoms with Crippen LogP contribution in [-0.2, 0) is 4.57 Å². The summed E-state index contributed by atoms with van der Waals surface area (Å²) in [5, 5.41) is -0.912. The molecule has 0 aromatic carbocycles. The highest BCUT2D eigenvalue weighted by Crippen LogP contribution is 2.50. The lowest BCUT2D eigenvalue weighted by Gasteiger charge is -2.30. The number of hydrogen-bond donors (Lipinski definition) is 0. The average molecular weight is 236 g/mol. The summed E-state index contributed by atoms with van der Waals surface area (Å²) >= 11 is 0. The van der Waals surface area contributed by atoms with Gasteiger partial charge in [-0.15, -0.1) is 6.58 Å². The lowest BCUT2D eigenvalue weighted by atomic mass is 9.89. The molecule has 0 heterocycles. The molecule has 0 fully saturated rings. The Morgan fingerprint density at radius 3 is 2.60 bits per heavy atom. The molecule has 0 bridgehead atoms. The topological polar surface area (TPSA) is 40.1 Å². The zero-order chi connectivity index (χ0) is 11.7. The second kappa shape index (κ2) is 3.91. The fourth-order valence-corrected chi connectivity index (χ4v) is 2.08. The first-order valence-corrected chi connectivity index (χ1v) is 5.25. The van der Waals surface area contributed by atoms with Crippen LogP contribution in [0.25, 0.3) is 0 Å². The van der Waals surface area contributed by atoms with E-state index in [1.807, 2.05) is 0 Å². The largest absolute Gasteiger partial charge is 0.591 e. The van der Waals surface area contributed by atoms with E-state index < -0.39 is 31.4 Å². The molecule has 0 saturated heterocycles. The van der Waals surface area contributed by atoms with Crippen LogP contribution in [0.5, 0.6) is 0 Å². The highest BCUT2D eigenvalue weighted by atomic mass is 31.1. The predicted octanol–water partition coefficient (Wildman–Crippen LogP) is 2.46. The van der Waals surface area contributed by atoms with Gasteiger partial charge in [0.2, 0.25) is 11.0 Å². The van der Waals surface area contributed by atoms with Crippen molar-refractivity contribution in [3.05, 3.63) is 36.2 Å². The van der Waals surface area contributed by atoms with Gasteiger partial charge in [0, 0.05) is 6.42 Å². The zero-order valence-corrected chi connectivity index (χ0v) is 8.52. The molecule has 2 atom stereocenters. The smallest absolute Gasteiger partial charge is 0.348 e. The molecule has 2 nitrogen and oxygen atoms in total. The van der Waals surface area contributed by atoms with Crippen molar-refractivity contribution in [3.8, 4) is 0 Å². The van der Waals surface area contributed by atoms with Gasteiger partial charge in [-0.1, -0.05) is 16.7 Å². The van der Waals surface area contributed by atoms with Crippen LogP contribution in [0.1, 0.15) is 6.42 Å². The summed E-state index contributed by atoms with van der Waals surface area (Å²) < 4.78 is 51.1. The van der Waals surface area contributed by atoms with Crippen LogP contribution in [0, 0.1) is 0 Å². The Kier molecular flexibility index (Phi) is 3.16. The van der Waals surface area contributed by atoms with E-state index in [2.05, 4.69) is 6.58 Å². The first-order valence-electron chi connectivity index (χ1n) is 4.07. The maximum Gasteiger partial charge on any atom is 0.348 e. The molecule has 0 aromatic heterocycles. The van der Waals surface area contributed by atoms with Crippen LogP contribution in [-0.4, -0.2) is 11.6 Å². The monoisotopic (exact) mass is 236 g/mol. The molecule has 0 N–H and O–H groups in total. The van der Waals surface area contributed by atoms with E-state index in [1.54, 1.807) is 0 Å². The summed E-state index contributed by atoms with van der Waals surface area (Å²) in [5.74, 6) is -3.83. The van der Waals surface area contributed by atoms with Crippen LogP contribution < -0.4 is 4.89 Å². The van der Waals surface area contributed by atoms with Gasteiger partial charge in [0.15, 0.2) is 0 Å². The zero-order valence-electron chi connectivity index (χ0n) is 7.62. The van der Waals surface area contributed by atoms with Crippen LogP contribution in [0.3, 0.4) is 0 Å². The van der Waals surface area contributed by atoms with Gasteiger partial charge >= 0.3 is 14.0 Å². The predicted molar refractivity (Wildman–Crippen MR) is 48.4 cm³/mol. The van der Waals surface area contributed by atoms with Crippen LogP contribution >= 0.6 is 8.03 Å². The highest BCUT2D eigenvalue weighted by molar-refractivity contribution is 7.41. The molecular formula is C9H8F3O2P. The van der Waals surface area contributed by atoms with Crippen molar-refractivity contribution in [2.75, 3.05) is 0 Å². The van der Waals surface area contributed by atoms with Gasteiger partial charge in [0.05, 0.1) is 0 Å². The first kappa shape index (κ1) is 12.1. The second-order valence-electron chi connectivity index (χ2n) is 3.09. The number of allylic oxidation sites excluding steroid dienone is 5. The summed E-state index contributed by atoms with van der Waals surface area (Å²) in [5.41, 5.74) is -3.21. The van der Waals surface area contributed by atoms with Crippen molar-refractivity contribution in [1.29, 1.82) is 0 Å². The molecule has 0 amide bonds. The van der Waals surface area contributed by atoms with Crippen LogP contribution in [0.4, 0.5) is 13.2 Å². The standard InChI is InChI=1S/C9H8F3O2P/c1-2-5-8(10)7(15(13)14)4-3-6-9(8,11)12/h2-4,6H,1,5H2. The van der Waals surface area contributed by atoms with Crippen molar-refractivity contribution in [3.63, 3.8) is 0 Å². The van der Waals surface area contributed by atoms with Gasteiger partial charge in [0.25, 0.3) is 0 Å². The molecule has 2 unspecified atom stereocenters. The van der Waals surface area contributed by atoms with Gasteiger partial charge in [-0.3, -0.25) is 0 Å². The van der Waals surface area contributed by atoms with Gasteiger partial charge in [-0.25, -0.2) is 4.39 Å². The number of halogens is 3. The molecule has 0 aromatic rings. The summed E-state index contributed by atoms with van der Waals surface area (Å²) in [6.07, 6.45) is 2.20. The third-order valence-corrected chi connectivity index (χ3v) is 3.01. The maximum atomic E-state index is 13.9. The number of alkyl halides is 3. The molecule has 0 spiro atoms. The molecule has 6 heteroatoms. The lowest BCUT2D eigenvalue weighted by Crippen LogP contribution is -2.45. The normalized spacial score (nSPS) is 29.6. The molecule has 1 aliphatic carbocycles. The minimum atomic E-state index is -3.83. The van der Waals surface area contributed by atoms with Gasteiger partial charge in [-0.05, 0) is 12.2 Å². The Bertz CT molecular complexity index is 362. The van der Waals surface area contributed by atoms with E-state index in [0.29, 0.717) is 6.08 Å². The van der Waals surface area contributed by atoms with E-state index >= 15 is 0 Å². The van der Waals surface area contributed by atoms with Crippen LogP contribution in [0.15, 0.2) is 36.2 Å². The molecule has 15 heavy (non-hydrogen) atoms. The third-order valence-electron chi connectivity index (χ3n) is 2.12. The molecule has 0 aliphatic heterocycles. The van der Waals surface area contributed by atoms with Gasteiger partial charge < -0.3 is 4.89 Å². The van der Waals surface area contributed by atoms with Crippen molar-refractivity contribution >= 4 is 8.03 Å². The minimum absolute atomic E-state index is 0.346. The first-order chi connectivity index (χ1) is 6.85. The Morgan fingerprint density at radius 1 is 1.53 bits per heavy atom. The maximum absolute atomic E-state index is 13.9. The van der Waals surface area contributed by atoms with Crippen molar-refractivity contribution in [2.24, 2.45) is 0 Å². The van der Waals surface area contributed by atoms with Crippen molar-refractivity contribution in [2.45, 2.75) is 18.0 Å². The number of hydrogen-bond acceptors (Lipinski definition) is 2. The Balaban J connectivity index is 3.26. The fraction of sp³-hybridized carbons (Fsp3) is 0.333. The quantitative estimate of drug-likeness (QED) is 0.557. The molecule has 82 valence electrons. The van der Waals surface area contributed by atoms with E-state index in [0.717, 1.165) is 18.2 Å². The van der Waals surface area contributed by atoms with Gasteiger partial charge in [-0.2, -0.15) is 8.78 Å². The minimum Gasteiger partial charge on any atom is -0.591 e. The SMILES string of the molecule is C=CCC1(F)C([P+](=O)[O-])=CC=CC1(F)F. The second-order valence-corrected chi connectivity index (χ2v) is 4.08. The van der Waals surface area contributed by atoms with Crippen molar-refractivity contribution < 1.29 is 22.6 Å². The van der Waals surface area contributed by atoms with Gasteiger partial charge in [0.1, 0.15) is 0 Å². The Morgan fingerprint density at radius 2 is 2.13 bits per heavy atom. The summed E-state index contributed by atoms with van der Waals surface area (Å²) in [6, 6.07) is 0.